The molecular formula is C26H27NO3S. The zero-order valence-electron chi connectivity index (χ0n) is 17.8. The van der Waals surface area contributed by atoms with Crippen molar-refractivity contribution in [2.75, 3.05) is 12.4 Å². The van der Waals surface area contributed by atoms with Gasteiger partial charge >= 0.3 is 0 Å². The third kappa shape index (κ3) is 5.61. The summed E-state index contributed by atoms with van der Waals surface area (Å²) >= 11 is 1.76. The van der Waals surface area contributed by atoms with E-state index in [4.69, 9.17) is 9.47 Å². The van der Waals surface area contributed by atoms with Gasteiger partial charge in [-0.25, -0.2) is 0 Å². The van der Waals surface area contributed by atoms with Gasteiger partial charge in [-0.05, 0) is 56.3 Å². The normalized spacial score (nSPS) is 16.6. The van der Waals surface area contributed by atoms with Crippen LogP contribution in [-0.2, 0) is 0 Å². The molecule has 31 heavy (non-hydrogen) atoms. The third-order valence-electron chi connectivity index (χ3n) is 5.16. The van der Waals surface area contributed by atoms with E-state index in [0.717, 1.165) is 29.2 Å². The highest BCUT2D eigenvalue weighted by Gasteiger charge is 2.34. The van der Waals surface area contributed by atoms with E-state index in [2.05, 4.69) is 17.4 Å². The molecule has 1 aliphatic heterocycles. The van der Waals surface area contributed by atoms with Crippen LogP contribution in [0.15, 0.2) is 83.8 Å². The molecule has 1 atom stereocenters. The molecule has 4 nitrogen and oxygen atoms in total. The van der Waals surface area contributed by atoms with Crippen molar-refractivity contribution in [1.29, 1.82) is 0 Å². The van der Waals surface area contributed by atoms with Gasteiger partial charge in [0.25, 0.3) is 5.91 Å². The van der Waals surface area contributed by atoms with Gasteiger partial charge in [0.05, 0.1) is 12.6 Å². The lowest BCUT2D eigenvalue weighted by Crippen LogP contribution is -2.41. The van der Waals surface area contributed by atoms with Crippen LogP contribution >= 0.6 is 11.8 Å². The third-order valence-corrected chi connectivity index (χ3v) is 6.14. The molecule has 0 radical (unpaired) electrons. The van der Waals surface area contributed by atoms with Gasteiger partial charge in [-0.3, -0.25) is 4.79 Å². The van der Waals surface area contributed by atoms with Crippen LogP contribution in [0.4, 0.5) is 0 Å². The highest BCUT2D eigenvalue weighted by molar-refractivity contribution is 7.99. The van der Waals surface area contributed by atoms with Gasteiger partial charge in [-0.1, -0.05) is 36.4 Å². The van der Waals surface area contributed by atoms with Gasteiger partial charge < -0.3 is 14.8 Å². The molecule has 1 N–H and O–H groups in total. The molecule has 5 heteroatoms. The fourth-order valence-electron chi connectivity index (χ4n) is 3.71. The van der Waals surface area contributed by atoms with Crippen LogP contribution in [0, 0.1) is 0 Å². The number of nitrogens with one attached hydrogen (secondary N) is 1. The van der Waals surface area contributed by atoms with Crippen LogP contribution in [0.1, 0.15) is 42.2 Å². The molecule has 0 saturated heterocycles. The van der Waals surface area contributed by atoms with Crippen LogP contribution in [0.3, 0.4) is 0 Å². The molecule has 3 aromatic carbocycles. The van der Waals surface area contributed by atoms with Crippen molar-refractivity contribution in [3.8, 4) is 11.5 Å². The maximum Gasteiger partial charge on any atom is 0.251 e. The molecule has 1 aliphatic rings. The van der Waals surface area contributed by atoms with Crippen molar-refractivity contribution in [3.05, 3.63) is 90.0 Å². The van der Waals surface area contributed by atoms with Crippen molar-refractivity contribution in [2.45, 2.75) is 36.8 Å². The number of rotatable bonds is 7. The maximum absolute atomic E-state index is 12.9. The van der Waals surface area contributed by atoms with E-state index in [9.17, 15) is 4.79 Å². The Morgan fingerprint density at radius 2 is 1.74 bits per heavy atom. The Morgan fingerprint density at radius 3 is 2.52 bits per heavy atom. The minimum Gasteiger partial charge on any atom is -0.493 e. The Morgan fingerprint density at radius 1 is 1.03 bits per heavy atom. The number of hydrogen-bond donors (Lipinski definition) is 1. The topological polar surface area (TPSA) is 47.6 Å². The quantitative estimate of drug-likeness (QED) is 0.373. The lowest BCUT2D eigenvalue weighted by molar-refractivity contribution is 0.0619. The molecule has 3 aromatic rings. The monoisotopic (exact) mass is 433 g/mol. The number of hydrogen-bond acceptors (Lipinski definition) is 4. The lowest BCUT2D eigenvalue weighted by atomic mass is 9.89. The predicted octanol–water partition coefficient (Wildman–Crippen LogP) is 5.89. The first kappa shape index (κ1) is 21.3. The highest BCUT2D eigenvalue weighted by atomic mass is 32.2. The largest absolute Gasteiger partial charge is 0.493 e. The number of carbonyl (C=O) groups excluding carboxylic acids is 1. The number of ether oxygens (including phenoxy) is 2. The van der Waals surface area contributed by atoms with Crippen LogP contribution < -0.4 is 14.8 Å². The van der Waals surface area contributed by atoms with Gasteiger partial charge in [-0.15, -0.1) is 11.8 Å². The van der Waals surface area contributed by atoms with Crippen molar-refractivity contribution in [3.63, 3.8) is 0 Å². The number of carbonyl (C=O) groups is 1. The summed E-state index contributed by atoms with van der Waals surface area (Å²) in [7, 11) is 0. The summed E-state index contributed by atoms with van der Waals surface area (Å²) in [5.74, 6) is 2.37. The van der Waals surface area contributed by atoms with Crippen molar-refractivity contribution in [1.82, 2.24) is 5.32 Å². The summed E-state index contributed by atoms with van der Waals surface area (Å²) in [5.41, 5.74) is 1.31. The smallest absolute Gasteiger partial charge is 0.251 e. The van der Waals surface area contributed by atoms with Gasteiger partial charge in [0.2, 0.25) is 0 Å². The summed E-state index contributed by atoms with van der Waals surface area (Å²) in [4.78, 5) is 14.1. The SMILES string of the molecule is CC1(C)C[C@H](NC(=O)c2ccc(OCCSc3ccccc3)cc2)c2ccccc2O1. The molecule has 0 aliphatic carbocycles. The zero-order chi connectivity index (χ0) is 21.7. The van der Waals surface area contributed by atoms with Crippen LogP contribution in [-0.4, -0.2) is 23.9 Å². The van der Waals surface area contributed by atoms with Gasteiger partial charge in [0.15, 0.2) is 0 Å². The fraction of sp³-hybridized carbons (Fsp3) is 0.269. The lowest BCUT2D eigenvalue weighted by Gasteiger charge is -2.37. The summed E-state index contributed by atoms with van der Waals surface area (Å²) < 4.78 is 11.9. The van der Waals surface area contributed by atoms with E-state index in [-0.39, 0.29) is 17.6 Å². The summed E-state index contributed by atoms with van der Waals surface area (Å²) in [6.07, 6.45) is 0.718. The van der Waals surface area contributed by atoms with Crippen LogP contribution in [0.2, 0.25) is 0 Å². The van der Waals surface area contributed by atoms with E-state index < -0.39 is 0 Å². The first-order chi connectivity index (χ1) is 15.0. The minimum absolute atomic E-state index is 0.0848. The van der Waals surface area contributed by atoms with Crippen LogP contribution in [0.25, 0.3) is 0 Å². The van der Waals surface area contributed by atoms with Crippen LogP contribution in [0.5, 0.6) is 11.5 Å². The average molecular weight is 434 g/mol. The Balaban J connectivity index is 1.32. The Bertz CT molecular complexity index is 1020. The minimum atomic E-state index is -0.332. The molecule has 1 heterocycles. The first-order valence-corrected chi connectivity index (χ1v) is 11.5. The highest BCUT2D eigenvalue weighted by Crippen LogP contribution is 2.39. The van der Waals surface area contributed by atoms with E-state index >= 15 is 0 Å². The Labute approximate surface area is 188 Å². The molecular weight excluding hydrogens is 406 g/mol. The Hall–Kier alpha value is -2.92. The molecule has 1 amide bonds. The fourth-order valence-corrected chi connectivity index (χ4v) is 4.46. The predicted molar refractivity (Wildman–Crippen MR) is 125 cm³/mol. The molecule has 0 saturated carbocycles. The number of para-hydroxylation sites is 1. The molecule has 0 unspecified atom stereocenters. The summed E-state index contributed by atoms with van der Waals surface area (Å²) in [5, 5.41) is 3.17. The molecule has 0 spiro atoms. The number of thioether (sulfide) groups is 1. The van der Waals surface area contributed by atoms with Crippen molar-refractivity contribution >= 4 is 17.7 Å². The second kappa shape index (κ2) is 9.48. The zero-order valence-corrected chi connectivity index (χ0v) is 18.7. The molecule has 160 valence electrons. The molecule has 0 fully saturated rings. The summed E-state index contributed by atoms with van der Waals surface area (Å²) in [6, 6.07) is 25.4. The van der Waals surface area contributed by atoms with Crippen molar-refractivity contribution in [2.24, 2.45) is 0 Å². The average Bonchev–Trinajstić information content (AvgIpc) is 2.77. The van der Waals surface area contributed by atoms with E-state index in [1.807, 2.05) is 80.6 Å². The summed E-state index contributed by atoms with van der Waals surface area (Å²) in [6.45, 7) is 4.70. The Kier molecular flexibility index (Phi) is 6.52. The maximum atomic E-state index is 12.9. The first-order valence-electron chi connectivity index (χ1n) is 10.5. The van der Waals surface area contributed by atoms with E-state index in [1.165, 1.54) is 4.90 Å². The van der Waals surface area contributed by atoms with Gasteiger partial charge in [0, 0.05) is 28.2 Å². The molecule has 0 bridgehead atoms. The van der Waals surface area contributed by atoms with Gasteiger partial charge in [-0.2, -0.15) is 0 Å². The standard InChI is InChI=1S/C26H27NO3S/c1-26(2)18-23(22-10-6-7-11-24(22)30-26)27-25(28)19-12-14-20(15-13-19)29-16-17-31-21-8-4-3-5-9-21/h3-15,23H,16-18H2,1-2H3,(H,27,28)/t23-/m0/s1. The van der Waals surface area contributed by atoms with E-state index in [1.54, 1.807) is 11.8 Å². The van der Waals surface area contributed by atoms with Gasteiger partial charge in [0.1, 0.15) is 17.1 Å². The number of amides is 1. The second-order valence-corrected chi connectivity index (χ2v) is 9.33. The number of fused-ring (bicyclic) bond motifs is 1. The number of benzene rings is 3. The van der Waals surface area contributed by atoms with E-state index in [0.29, 0.717) is 12.2 Å². The molecule has 0 aromatic heterocycles. The molecule has 4 rings (SSSR count). The second-order valence-electron chi connectivity index (χ2n) is 8.16. The van der Waals surface area contributed by atoms with Crippen molar-refractivity contribution < 1.29 is 14.3 Å².